The first-order valence-electron chi connectivity index (χ1n) is 8.10. The number of Topliss-reactive ketones (excluding diaryl/α,β-unsaturated/α-hetero) is 1. The maximum Gasteiger partial charge on any atom is 0.573 e. The zero-order valence-corrected chi connectivity index (χ0v) is 15.6. The molecule has 0 aliphatic rings. The highest BCUT2D eigenvalue weighted by Crippen LogP contribution is 2.23. The Labute approximate surface area is 162 Å². The number of ether oxygens (including phenoxy) is 1. The molecule has 10 heteroatoms. The van der Waals surface area contributed by atoms with Crippen molar-refractivity contribution in [3.63, 3.8) is 0 Å². The molecule has 1 heterocycles. The molecule has 0 unspecified atom stereocenters. The third-order valence-electron chi connectivity index (χ3n) is 3.54. The van der Waals surface area contributed by atoms with Crippen molar-refractivity contribution in [2.24, 2.45) is 0 Å². The highest BCUT2D eigenvalue weighted by molar-refractivity contribution is 7.12. The molecule has 0 spiro atoms. The first-order chi connectivity index (χ1) is 13.1. The van der Waals surface area contributed by atoms with Crippen molar-refractivity contribution in [3.05, 3.63) is 46.7 Å². The summed E-state index contributed by atoms with van der Waals surface area (Å²) in [5, 5.41) is 4.24. The highest BCUT2D eigenvalue weighted by atomic mass is 32.1. The summed E-state index contributed by atoms with van der Waals surface area (Å²) in [6, 6.07) is 8.06. The van der Waals surface area contributed by atoms with Crippen LogP contribution in [0.2, 0.25) is 0 Å². The molecule has 0 radical (unpaired) electrons. The Balaban J connectivity index is 1.78. The Morgan fingerprint density at radius 1 is 1.11 bits per heavy atom. The molecule has 0 saturated heterocycles. The summed E-state index contributed by atoms with van der Waals surface area (Å²) >= 11 is 1.30. The predicted octanol–water partition coefficient (Wildman–Crippen LogP) is 3.71. The topological polar surface area (TPSA) is 75.7 Å². The van der Waals surface area contributed by atoms with Crippen LogP contribution in [0, 0.1) is 0 Å². The number of hydrogen-bond acceptors (Lipinski definition) is 5. The normalized spacial score (nSPS) is 11.0. The second-order valence-electron chi connectivity index (χ2n) is 5.77. The highest BCUT2D eigenvalue weighted by Gasteiger charge is 2.31. The molecule has 2 amide bonds. The minimum Gasteiger partial charge on any atom is -0.406 e. The maximum absolute atomic E-state index is 12.1. The van der Waals surface area contributed by atoms with Crippen LogP contribution >= 0.6 is 11.3 Å². The number of carbonyl (C=O) groups excluding carboxylic acids is 3. The van der Waals surface area contributed by atoms with Gasteiger partial charge in [0.1, 0.15) is 5.75 Å². The van der Waals surface area contributed by atoms with Crippen molar-refractivity contribution in [2.45, 2.75) is 19.2 Å². The Morgan fingerprint density at radius 3 is 2.36 bits per heavy atom. The van der Waals surface area contributed by atoms with E-state index in [2.05, 4.69) is 10.1 Å². The van der Waals surface area contributed by atoms with E-state index in [1.165, 1.54) is 35.4 Å². The van der Waals surface area contributed by atoms with Crippen molar-refractivity contribution >= 4 is 34.6 Å². The predicted molar refractivity (Wildman–Crippen MR) is 97.3 cm³/mol. The van der Waals surface area contributed by atoms with E-state index in [9.17, 15) is 27.6 Å². The summed E-state index contributed by atoms with van der Waals surface area (Å²) in [5.74, 6) is -1.44. The van der Waals surface area contributed by atoms with E-state index in [4.69, 9.17) is 0 Å². The number of anilines is 1. The summed E-state index contributed by atoms with van der Waals surface area (Å²) in [6.45, 7) is -0.257. The smallest absolute Gasteiger partial charge is 0.406 e. The molecule has 2 rings (SSSR count). The minimum atomic E-state index is -4.79. The van der Waals surface area contributed by atoms with Crippen LogP contribution in [0.1, 0.15) is 22.5 Å². The van der Waals surface area contributed by atoms with Gasteiger partial charge in [0.25, 0.3) is 0 Å². The van der Waals surface area contributed by atoms with Gasteiger partial charge in [-0.25, -0.2) is 0 Å². The lowest BCUT2D eigenvalue weighted by Crippen LogP contribution is -2.35. The summed E-state index contributed by atoms with van der Waals surface area (Å²) in [5.41, 5.74) is 0.258. The molecule has 1 N–H and O–H groups in total. The van der Waals surface area contributed by atoms with Crippen molar-refractivity contribution in [1.29, 1.82) is 0 Å². The van der Waals surface area contributed by atoms with Gasteiger partial charge in [-0.2, -0.15) is 0 Å². The fraction of sp³-hybridized carbons (Fsp3) is 0.278. The lowest BCUT2D eigenvalue weighted by atomic mass is 10.2. The van der Waals surface area contributed by atoms with Gasteiger partial charge in [0.2, 0.25) is 11.8 Å². The molecule has 2 aromatic rings. The number of nitrogens with one attached hydrogen (secondary N) is 1. The number of nitrogens with zero attached hydrogens (tertiary/aromatic N) is 1. The number of hydrogen-bond donors (Lipinski definition) is 1. The molecule has 1 aromatic carbocycles. The first-order valence-corrected chi connectivity index (χ1v) is 8.98. The molecule has 0 saturated carbocycles. The molecule has 0 aliphatic carbocycles. The number of carbonyl (C=O) groups is 3. The number of halogens is 3. The van der Waals surface area contributed by atoms with Gasteiger partial charge in [0, 0.05) is 25.6 Å². The van der Waals surface area contributed by atoms with Crippen LogP contribution in [-0.4, -0.2) is 42.5 Å². The molecule has 0 fully saturated rings. The molecule has 0 atom stereocenters. The van der Waals surface area contributed by atoms with Crippen molar-refractivity contribution in [2.75, 3.05) is 18.9 Å². The van der Waals surface area contributed by atoms with E-state index in [0.29, 0.717) is 4.88 Å². The van der Waals surface area contributed by atoms with Gasteiger partial charge >= 0.3 is 6.36 Å². The maximum atomic E-state index is 12.1. The standard InChI is InChI=1S/C18H17F3N2O4S/c1-23(17(26)9-8-14(24)15-3-2-10-28-15)11-16(25)22-12-4-6-13(7-5-12)27-18(19,20)21/h2-7,10H,8-9,11H2,1H3,(H,22,25). The van der Waals surface area contributed by atoms with Crippen LogP contribution in [0.5, 0.6) is 5.75 Å². The number of rotatable bonds is 8. The van der Waals surface area contributed by atoms with E-state index >= 15 is 0 Å². The SMILES string of the molecule is CN(CC(=O)Nc1ccc(OC(F)(F)F)cc1)C(=O)CCC(=O)c1cccs1. The molecule has 6 nitrogen and oxygen atoms in total. The summed E-state index contributed by atoms with van der Waals surface area (Å²) < 4.78 is 40.1. The summed E-state index contributed by atoms with van der Waals surface area (Å²) in [7, 11) is 1.43. The number of amides is 2. The van der Waals surface area contributed by atoms with Gasteiger partial charge in [-0.1, -0.05) is 6.07 Å². The summed E-state index contributed by atoms with van der Waals surface area (Å²) in [4.78, 5) is 37.7. The number of likely N-dealkylation sites (N-methyl/N-ethyl adjacent to an activating group) is 1. The fourth-order valence-electron chi connectivity index (χ4n) is 2.22. The lowest BCUT2D eigenvalue weighted by molar-refractivity contribution is -0.274. The van der Waals surface area contributed by atoms with Crippen molar-refractivity contribution < 1.29 is 32.3 Å². The zero-order chi connectivity index (χ0) is 20.7. The molecular formula is C18H17F3N2O4S. The summed E-state index contributed by atoms with van der Waals surface area (Å²) in [6.07, 6.45) is -4.77. The molecule has 150 valence electrons. The number of benzene rings is 1. The van der Waals surface area contributed by atoms with Crippen LogP contribution in [0.3, 0.4) is 0 Å². The van der Waals surface area contributed by atoms with Crippen molar-refractivity contribution in [1.82, 2.24) is 4.90 Å². The van der Waals surface area contributed by atoms with Gasteiger partial charge in [-0.15, -0.1) is 24.5 Å². The van der Waals surface area contributed by atoms with E-state index in [1.54, 1.807) is 17.5 Å². The van der Waals surface area contributed by atoms with Crippen LogP contribution in [0.15, 0.2) is 41.8 Å². The Morgan fingerprint density at radius 2 is 1.79 bits per heavy atom. The molecule has 0 aliphatic heterocycles. The van der Waals surface area contributed by atoms with Crippen LogP contribution in [-0.2, 0) is 9.59 Å². The van der Waals surface area contributed by atoms with E-state index in [0.717, 1.165) is 12.1 Å². The molecule has 0 bridgehead atoms. The minimum absolute atomic E-state index is 0.0238. The average Bonchev–Trinajstić information content (AvgIpc) is 3.14. The second-order valence-corrected chi connectivity index (χ2v) is 6.72. The lowest BCUT2D eigenvalue weighted by Gasteiger charge is -2.16. The monoisotopic (exact) mass is 414 g/mol. The van der Waals surface area contributed by atoms with Crippen LogP contribution < -0.4 is 10.1 Å². The van der Waals surface area contributed by atoms with Gasteiger partial charge < -0.3 is 15.0 Å². The van der Waals surface area contributed by atoms with Crippen LogP contribution in [0.4, 0.5) is 18.9 Å². The fourth-order valence-corrected chi connectivity index (χ4v) is 2.91. The third kappa shape index (κ3) is 7.03. The molecule has 1 aromatic heterocycles. The van der Waals surface area contributed by atoms with Gasteiger partial charge in [-0.05, 0) is 35.7 Å². The van der Waals surface area contributed by atoms with E-state index < -0.39 is 18.0 Å². The van der Waals surface area contributed by atoms with Gasteiger partial charge in [0.15, 0.2) is 5.78 Å². The van der Waals surface area contributed by atoms with Gasteiger partial charge in [-0.3, -0.25) is 14.4 Å². The quantitative estimate of drug-likeness (QED) is 0.669. The molecular weight excluding hydrogens is 397 g/mol. The second kappa shape index (κ2) is 9.36. The number of alkyl halides is 3. The van der Waals surface area contributed by atoms with Crippen LogP contribution in [0.25, 0.3) is 0 Å². The Bertz CT molecular complexity index is 820. The first kappa shape index (κ1) is 21.4. The largest absolute Gasteiger partial charge is 0.573 e. The van der Waals surface area contributed by atoms with E-state index in [-0.39, 0.29) is 36.8 Å². The number of ketones is 1. The van der Waals surface area contributed by atoms with Gasteiger partial charge in [0.05, 0.1) is 11.4 Å². The van der Waals surface area contributed by atoms with E-state index in [1.807, 2.05) is 0 Å². The Kier molecular flexibility index (Phi) is 7.16. The number of thiophene rings is 1. The Hall–Kier alpha value is -2.88. The van der Waals surface area contributed by atoms with Crippen molar-refractivity contribution in [3.8, 4) is 5.75 Å². The zero-order valence-electron chi connectivity index (χ0n) is 14.8. The molecule has 28 heavy (non-hydrogen) atoms. The average molecular weight is 414 g/mol. The third-order valence-corrected chi connectivity index (χ3v) is 4.45.